The molecule has 0 aliphatic carbocycles. The van der Waals surface area contributed by atoms with Crippen molar-refractivity contribution >= 4 is 23.9 Å². The lowest BCUT2D eigenvalue weighted by molar-refractivity contribution is 0.307. The Hall–Kier alpha value is -1.41. The van der Waals surface area contributed by atoms with E-state index in [1.807, 2.05) is 14.0 Å². The SMILES string of the molecule is COc1ccc(B(O)O)cc1CN(C)Cc1csc(C)n1. The minimum atomic E-state index is -1.47. The van der Waals surface area contributed by atoms with E-state index in [1.54, 1.807) is 36.6 Å². The van der Waals surface area contributed by atoms with Crippen molar-refractivity contribution in [3.8, 4) is 5.75 Å². The van der Waals surface area contributed by atoms with E-state index in [4.69, 9.17) is 4.74 Å². The highest BCUT2D eigenvalue weighted by atomic mass is 32.1. The van der Waals surface area contributed by atoms with E-state index in [0.717, 1.165) is 28.6 Å². The highest BCUT2D eigenvalue weighted by Crippen LogP contribution is 2.19. The van der Waals surface area contributed by atoms with E-state index in [2.05, 4.69) is 15.3 Å². The normalized spacial score (nSPS) is 11.0. The van der Waals surface area contributed by atoms with Crippen LogP contribution in [0.25, 0.3) is 0 Å². The minimum Gasteiger partial charge on any atom is -0.496 e. The molecule has 0 fully saturated rings. The molecule has 2 aromatic rings. The van der Waals surface area contributed by atoms with Crippen LogP contribution in [0.5, 0.6) is 5.75 Å². The molecule has 1 aromatic heterocycles. The molecular weight excluding hydrogens is 287 g/mol. The van der Waals surface area contributed by atoms with Crippen LogP contribution in [-0.2, 0) is 13.1 Å². The number of nitrogens with zero attached hydrogens (tertiary/aromatic N) is 2. The third-order valence-corrected chi connectivity index (χ3v) is 3.96. The summed E-state index contributed by atoms with van der Waals surface area (Å²) in [4.78, 5) is 6.56. The summed E-state index contributed by atoms with van der Waals surface area (Å²) in [6.45, 7) is 3.36. The third-order valence-electron chi connectivity index (χ3n) is 3.14. The van der Waals surface area contributed by atoms with Crippen molar-refractivity contribution in [2.45, 2.75) is 20.0 Å². The van der Waals surface area contributed by atoms with Crippen LogP contribution in [0.2, 0.25) is 0 Å². The Morgan fingerprint density at radius 3 is 2.67 bits per heavy atom. The van der Waals surface area contributed by atoms with E-state index in [9.17, 15) is 10.0 Å². The zero-order valence-corrected chi connectivity index (χ0v) is 13.2. The summed E-state index contributed by atoms with van der Waals surface area (Å²) in [5.41, 5.74) is 2.42. The van der Waals surface area contributed by atoms with Crippen molar-refractivity contribution in [3.05, 3.63) is 39.8 Å². The first-order valence-electron chi connectivity index (χ1n) is 6.62. The largest absolute Gasteiger partial charge is 0.496 e. The lowest BCUT2D eigenvalue weighted by atomic mass is 9.79. The van der Waals surface area contributed by atoms with Gasteiger partial charge in [0.1, 0.15) is 5.75 Å². The van der Waals surface area contributed by atoms with Gasteiger partial charge in [-0.05, 0) is 25.5 Å². The van der Waals surface area contributed by atoms with E-state index >= 15 is 0 Å². The van der Waals surface area contributed by atoms with Gasteiger partial charge in [0, 0.05) is 24.0 Å². The number of rotatable bonds is 6. The molecule has 112 valence electrons. The average Bonchev–Trinajstić information content (AvgIpc) is 2.83. The van der Waals surface area contributed by atoms with E-state index in [1.165, 1.54) is 0 Å². The molecule has 0 saturated carbocycles. The minimum absolute atomic E-state index is 0.462. The van der Waals surface area contributed by atoms with Crippen molar-refractivity contribution in [2.24, 2.45) is 0 Å². The Morgan fingerprint density at radius 1 is 1.33 bits per heavy atom. The van der Waals surface area contributed by atoms with Crippen LogP contribution >= 0.6 is 11.3 Å². The van der Waals surface area contributed by atoms with Crippen LogP contribution < -0.4 is 10.2 Å². The molecule has 0 bridgehead atoms. The summed E-state index contributed by atoms with van der Waals surface area (Å²) >= 11 is 1.64. The van der Waals surface area contributed by atoms with Crippen LogP contribution in [0.3, 0.4) is 0 Å². The topological polar surface area (TPSA) is 65.8 Å². The number of hydrogen-bond acceptors (Lipinski definition) is 6. The molecule has 0 aliphatic rings. The molecule has 2 rings (SSSR count). The Kier molecular flexibility index (Phi) is 5.36. The first-order chi connectivity index (χ1) is 9.99. The molecule has 2 N–H and O–H groups in total. The van der Waals surface area contributed by atoms with Crippen LogP contribution in [0.15, 0.2) is 23.6 Å². The predicted octanol–water partition coefficient (Wildman–Crippen LogP) is 0.772. The van der Waals surface area contributed by atoms with Crippen LogP contribution in [0.4, 0.5) is 0 Å². The van der Waals surface area contributed by atoms with Gasteiger partial charge in [-0.25, -0.2) is 4.98 Å². The number of hydrogen-bond donors (Lipinski definition) is 2. The molecule has 0 aliphatic heterocycles. The zero-order valence-electron chi connectivity index (χ0n) is 12.4. The second-order valence-corrected chi connectivity index (χ2v) is 6.04. The van der Waals surface area contributed by atoms with Gasteiger partial charge in [0.15, 0.2) is 0 Å². The summed E-state index contributed by atoms with van der Waals surface area (Å²) in [6, 6.07) is 5.16. The molecule has 5 nitrogen and oxygen atoms in total. The van der Waals surface area contributed by atoms with Gasteiger partial charge in [-0.2, -0.15) is 0 Å². The number of methoxy groups -OCH3 is 1. The lowest BCUT2D eigenvalue weighted by Crippen LogP contribution is -2.30. The number of aryl methyl sites for hydroxylation is 1. The van der Waals surface area contributed by atoms with E-state index < -0.39 is 7.12 Å². The Labute approximate surface area is 129 Å². The Bertz CT molecular complexity index is 604. The van der Waals surface area contributed by atoms with Gasteiger partial charge in [0.05, 0.1) is 17.8 Å². The maximum absolute atomic E-state index is 9.28. The second-order valence-electron chi connectivity index (χ2n) is 4.98. The monoisotopic (exact) mass is 306 g/mol. The summed E-state index contributed by atoms with van der Waals surface area (Å²) in [6.07, 6.45) is 0. The highest BCUT2D eigenvalue weighted by Gasteiger charge is 2.15. The van der Waals surface area contributed by atoms with Gasteiger partial charge in [0.2, 0.25) is 0 Å². The number of aromatic nitrogens is 1. The van der Waals surface area contributed by atoms with Crippen LogP contribution in [0.1, 0.15) is 16.3 Å². The van der Waals surface area contributed by atoms with E-state index in [0.29, 0.717) is 12.0 Å². The van der Waals surface area contributed by atoms with Crippen molar-refractivity contribution in [3.63, 3.8) is 0 Å². The zero-order chi connectivity index (χ0) is 15.4. The van der Waals surface area contributed by atoms with Gasteiger partial charge < -0.3 is 14.8 Å². The Morgan fingerprint density at radius 2 is 2.10 bits per heavy atom. The molecule has 0 unspecified atom stereocenters. The lowest BCUT2D eigenvalue weighted by Gasteiger charge is -2.18. The second kappa shape index (κ2) is 7.04. The van der Waals surface area contributed by atoms with Gasteiger partial charge in [0.25, 0.3) is 0 Å². The maximum Gasteiger partial charge on any atom is 0.488 e. The highest BCUT2D eigenvalue weighted by molar-refractivity contribution is 7.09. The summed E-state index contributed by atoms with van der Waals surface area (Å²) in [5.74, 6) is 0.737. The first kappa shape index (κ1) is 16.0. The summed E-state index contributed by atoms with van der Waals surface area (Å²) in [5, 5.41) is 21.7. The van der Waals surface area contributed by atoms with Gasteiger partial charge >= 0.3 is 7.12 Å². The van der Waals surface area contributed by atoms with Gasteiger partial charge in [-0.3, -0.25) is 4.90 Å². The predicted molar refractivity (Wildman–Crippen MR) is 84.8 cm³/mol. The summed E-state index contributed by atoms with van der Waals surface area (Å²) < 4.78 is 5.33. The fraction of sp³-hybridized carbons (Fsp3) is 0.357. The fourth-order valence-electron chi connectivity index (χ4n) is 2.19. The van der Waals surface area contributed by atoms with Crippen molar-refractivity contribution in [1.82, 2.24) is 9.88 Å². The van der Waals surface area contributed by atoms with Crippen LogP contribution in [0, 0.1) is 6.92 Å². The fourth-order valence-corrected chi connectivity index (χ4v) is 2.79. The molecule has 0 radical (unpaired) electrons. The molecule has 1 aromatic carbocycles. The quantitative estimate of drug-likeness (QED) is 0.772. The average molecular weight is 306 g/mol. The number of ether oxygens (including phenoxy) is 1. The number of benzene rings is 1. The Balaban J connectivity index is 2.11. The van der Waals surface area contributed by atoms with Crippen molar-refractivity contribution < 1.29 is 14.8 Å². The molecule has 0 saturated heterocycles. The standard InChI is InChI=1S/C14H19BN2O3S/c1-10-16-13(9-21-10)8-17(2)7-11-6-12(15(18)19)4-5-14(11)20-3/h4-6,9,18-19H,7-8H2,1-3H3. The van der Waals surface area contributed by atoms with E-state index in [-0.39, 0.29) is 0 Å². The first-order valence-corrected chi connectivity index (χ1v) is 7.50. The molecule has 0 spiro atoms. The van der Waals surface area contributed by atoms with Gasteiger partial charge in [-0.1, -0.05) is 12.1 Å². The van der Waals surface area contributed by atoms with Crippen molar-refractivity contribution in [2.75, 3.05) is 14.2 Å². The maximum atomic E-state index is 9.28. The molecule has 21 heavy (non-hydrogen) atoms. The molecule has 1 heterocycles. The number of thiazole rings is 1. The van der Waals surface area contributed by atoms with Gasteiger partial charge in [-0.15, -0.1) is 11.3 Å². The molecule has 7 heteroatoms. The molecule has 0 atom stereocenters. The van der Waals surface area contributed by atoms with Crippen molar-refractivity contribution in [1.29, 1.82) is 0 Å². The smallest absolute Gasteiger partial charge is 0.488 e. The van der Waals surface area contributed by atoms with Crippen LogP contribution in [-0.4, -0.2) is 41.2 Å². The summed E-state index contributed by atoms with van der Waals surface area (Å²) in [7, 11) is 2.13. The molecular formula is C14H19BN2O3S. The molecule has 0 amide bonds. The third kappa shape index (κ3) is 4.28.